The first-order valence-electron chi connectivity index (χ1n) is 6.22. The first-order valence-corrected chi connectivity index (χ1v) is 7.04. The van der Waals surface area contributed by atoms with Gasteiger partial charge in [-0.25, -0.2) is 4.98 Å². The third-order valence-electron chi connectivity index (χ3n) is 3.11. The van der Waals surface area contributed by atoms with Gasteiger partial charge in [0.1, 0.15) is 10.0 Å². The van der Waals surface area contributed by atoms with Crippen molar-refractivity contribution in [3.05, 3.63) is 54.9 Å². The average Bonchev–Trinajstić information content (AvgIpc) is 3.16. The summed E-state index contributed by atoms with van der Waals surface area (Å²) in [5.41, 5.74) is 4.13. The number of imidazole rings is 1. The predicted octanol–water partition coefficient (Wildman–Crippen LogP) is 3.75. The highest BCUT2D eigenvalue weighted by Gasteiger charge is 2.09. The lowest BCUT2D eigenvalue weighted by molar-refractivity contribution is 1.10. The van der Waals surface area contributed by atoms with Crippen molar-refractivity contribution in [2.45, 2.75) is 0 Å². The van der Waals surface area contributed by atoms with Gasteiger partial charge in [-0.2, -0.15) is 0 Å². The van der Waals surface area contributed by atoms with E-state index in [4.69, 9.17) is 0 Å². The summed E-state index contributed by atoms with van der Waals surface area (Å²) in [7, 11) is 0. The van der Waals surface area contributed by atoms with Gasteiger partial charge in [-0.1, -0.05) is 41.7 Å². The van der Waals surface area contributed by atoms with Crippen LogP contribution in [0.5, 0.6) is 0 Å². The number of benzene rings is 2. The van der Waals surface area contributed by atoms with Crippen molar-refractivity contribution in [2.24, 2.45) is 0 Å². The van der Waals surface area contributed by atoms with Gasteiger partial charge in [-0.3, -0.25) is 0 Å². The van der Waals surface area contributed by atoms with Gasteiger partial charge in [0, 0.05) is 11.1 Å². The molecule has 0 saturated heterocycles. The van der Waals surface area contributed by atoms with E-state index in [1.54, 1.807) is 17.7 Å². The van der Waals surface area contributed by atoms with Crippen LogP contribution < -0.4 is 0 Å². The second kappa shape index (κ2) is 4.54. The molecular formula is C15H10N4S. The molecule has 0 spiro atoms. The quantitative estimate of drug-likeness (QED) is 0.607. The maximum Gasteiger partial charge on any atom is 0.148 e. The normalized spacial score (nSPS) is 11.0. The van der Waals surface area contributed by atoms with E-state index in [-0.39, 0.29) is 0 Å². The Hall–Kier alpha value is -2.53. The van der Waals surface area contributed by atoms with E-state index >= 15 is 0 Å². The Morgan fingerprint density at radius 2 is 1.65 bits per heavy atom. The zero-order valence-corrected chi connectivity index (χ0v) is 11.3. The summed E-state index contributed by atoms with van der Waals surface area (Å²) in [5.74, 6) is 0. The van der Waals surface area contributed by atoms with Crippen LogP contribution in [-0.4, -0.2) is 20.2 Å². The highest BCUT2D eigenvalue weighted by Crippen LogP contribution is 2.30. The first kappa shape index (κ1) is 11.3. The maximum absolute atomic E-state index is 4.29. The topological polar surface area (TPSA) is 54.5 Å². The lowest BCUT2D eigenvalue weighted by atomic mass is 10.2. The Bertz CT molecular complexity index is 864. The molecule has 0 atom stereocenters. The zero-order chi connectivity index (χ0) is 13.4. The van der Waals surface area contributed by atoms with E-state index in [1.165, 1.54) is 0 Å². The van der Waals surface area contributed by atoms with E-state index in [1.807, 2.05) is 42.5 Å². The van der Waals surface area contributed by atoms with Crippen molar-refractivity contribution in [3.8, 4) is 21.1 Å². The fourth-order valence-corrected chi connectivity index (χ4v) is 2.95. The van der Waals surface area contributed by atoms with E-state index in [0.717, 1.165) is 32.2 Å². The number of hydrogen-bond acceptors (Lipinski definition) is 4. The van der Waals surface area contributed by atoms with Crippen LogP contribution in [0.1, 0.15) is 0 Å². The zero-order valence-electron chi connectivity index (χ0n) is 10.4. The molecular weight excluding hydrogens is 268 g/mol. The molecule has 0 saturated carbocycles. The number of aromatic nitrogens is 4. The number of aromatic amines is 1. The van der Waals surface area contributed by atoms with Gasteiger partial charge < -0.3 is 4.98 Å². The van der Waals surface area contributed by atoms with Crippen molar-refractivity contribution >= 4 is 22.4 Å². The summed E-state index contributed by atoms with van der Waals surface area (Å²) in [4.78, 5) is 7.33. The second-order valence-electron chi connectivity index (χ2n) is 4.41. The van der Waals surface area contributed by atoms with Gasteiger partial charge in [0.2, 0.25) is 0 Å². The van der Waals surface area contributed by atoms with Crippen LogP contribution in [0.15, 0.2) is 54.9 Å². The van der Waals surface area contributed by atoms with Crippen molar-refractivity contribution in [3.63, 3.8) is 0 Å². The molecule has 0 unspecified atom stereocenters. The monoisotopic (exact) mass is 278 g/mol. The molecule has 4 rings (SSSR count). The summed E-state index contributed by atoms with van der Waals surface area (Å²) >= 11 is 1.59. The predicted molar refractivity (Wildman–Crippen MR) is 80.4 cm³/mol. The van der Waals surface area contributed by atoms with Crippen LogP contribution in [0.25, 0.3) is 32.2 Å². The third-order valence-corrected chi connectivity index (χ3v) is 4.13. The third kappa shape index (κ3) is 1.88. The Kier molecular flexibility index (Phi) is 2.57. The minimum atomic E-state index is 0.917. The van der Waals surface area contributed by atoms with Crippen LogP contribution >= 0.6 is 11.3 Å². The molecule has 0 aliphatic carbocycles. The number of fused-ring (bicyclic) bond motifs is 1. The molecule has 2 aromatic carbocycles. The highest BCUT2D eigenvalue weighted by molar-refractivity contribution is 7.17. The summed E-state index contributed by atoms with van der Waals surface area (Å²) in [6, 6.07) is 16.2. The fraction of sp³-hybridized carbons (Fsp3) is 0. The second-order valence-corrected chi connectivity index (χ2v) is 5.39. The van der Waals surface area contributed by atoms with Gasteiger partial charge in [-0.05, 0) is 18.2 Å². The lowest BCUT2D eigenvalue weighted by Gasteiger charge is -1.95. The van der Waals surface area contributed by atoms with Crippen LogP contribution in [0.4, 0.5) is 0 Å². The minimum absolute atomic E-state index is 0.917. The molecule has 96 valence electrons. The summed E-state index contributed by atoms with van der Waals surface area (Å²) < 4.78 is 0. The average molecular weight is 278 g/mol. The highest BCUT2D eigenvalue weighted by atomic mass is 32.1. The largest absolute Gasteiger partial charge is 0.345 e. The molecule has 20 heavy (non-hydrogen) atoms. The van der Waals surface area contributed by atoms with E-state index in [0.29, 0.717) is 0 Å². The maximum atomic E-state index is 4.29. The van der Waals surface area contributed by atoms with E-state index < -0.39 is 0 Å². The number of nitrogens with one attached hydrogen (secondary N) is 1. The van der Waals surface area contributed by atoms with Gasteiger partial charge in [-0.15, -0.1) is 10.2 Å². The molecule has 0 radical (unpaired) electrons. The summed E-state index contributed by atoms with van der Waals surface area (Å²) in [6.07, 6.45) is 1.70. The summed E-state index contributed by atoms with van der Waals surface area (Å²) in [5, 5.41) is 10.4. The Morgan fingerprint density at radius 3 is 2.50 bits per heavy atom. The van der Waals surface area contributed by atoms with Gasteiger partial charge in [0.15, 0.2) is 0 Å². The van der Waals surface area contributed by atoms with Crippen LogP contribution in [0, 0.1) is 0 Å². The number of hydrogen-bond donors (Lipinski definition) is 1. The van der Waals surface area contributed by atoms with E-state index in [9.17, 15) is 0 Å². The molecule has 0 bridgehead atoms. The Morgan fingerprint density at radius 1 is 0.850 bits per heavy atom. The molecule has 1 N–H and O–H groups in total. The Balaban J connectivity index is 1.77. The van der Waals surface area contributed by atoms with E-state index in [2.05, 4.69) is 26.2 Å². The molecule has 4 nitrogen and oxygen atoms in total. The first-order chi connectivity index (χ1) is 9.90. The Labute approximate surface area is 119 Å². The minimum Gasteiger partial charge on any atom is -0.345 e. The SMILES string of the molecule is c1ccc(-c2nnc(-c3ccc4nc[nH]c4c3)s2)cc1. The number of H-pyrrole nitrogens is 1. The summed E-state index contributed by atoms with van der Waals surface area (Å²) in [6.45, 7) is 0. The molecule has 5 heteroatoms. The lowest BCUT2D eigenvalue weighted by Crippen LogP contribution is -1.78. The van der Waals surface area contributed by atoms with Gasteiger partial charge >= 0.3 is 0 Å². The molecule has 0 aliphatic rings. The molecule has 0 aliphatic heterocycles. The van der Waals surface area contributed by atoms with Gasteiger partial charge in [0.05, 0.1) is 17.4 Å². The van der Waals surface area contributed by atoms with Crippen LogP contribution in [0.3, 0.4) is 0 Å². The van der Waals surface area contributed by atoms with Crippen molar-refractivity contribution < 1.29 is 0 Å². The molecule has 2 heterocycles. The van der Waals surface area contributed by atoms with Crippen molar-refractivity contribution in [2.75, 3.05) is 0 Å². The van der Waals surface area contributed by atoms with Crippen molar-refractivity contribution in [1.82, 2.24) is 20.2 Å². The molecule has 2 aromatic heterocycles. The molecule has 0 amide bonds. The fourth-order valence-electron chi connectivity index (χ4n) is 2.11. The number of rotatable bonds is 2. The molecule has 0 fully saturated rings. The molecule has 4 aromatic rings. The standard InChI is InChI=1S/C15H10N4S/c1-2-4-10(5-3-1)14-18-19-15(20-14)11-6-7-12-13(8-11)17-9-16-12/h1-9H,(H,16,17). The van der Waals surface area contributed by atoms with Gasteiger partial charge in [0.25, 0.3) is 0 Å². The van der Waals surface area contributed by atoms with Crippen LogP contribution in [0.2, 0.25) is 0 Å². The van der Waals surface area contributed by atoms with Crippen molar-refractivity contribution in [1.29, 1.82) is 0 Å². The number of nitrogens with zero attached hydrogens (tertiary/aromatic N) is 3. The smallest absolute Gasteiger partial charge is 0.148 e. The van der Waals surface area contributed by atoms with Crippen LogP contribution in [-0.2, 0) is 0 Å².